The van der Waals surface area contributed by atoms with Gasteiger partial charge in [0.1, 0.15) is 0 Å². The second kappa shape index (κ2) is 7.47. The van der Waals surface area contributed by atoms with Crippen molar-refractivity contribution in [3.05, 3.63) is 62.4 Å². The van der Waals surface area contributed by atoms with E-state index in [-0.39, 0.29) is 5.91 Å². The first-order valence-corrected chi connectivity index (χ1v) is 11.0. The average Bonchev–Trinajstić information content (AvgIpc) is 3.34. The van der Waals surface area contributed by atoms with Gasteiger partial charge in [0.05, 0.1) is 15.4 Å². The van der Waals surface area contributed by atoms with Gasteiger partial charge in [0.25, 0.3) is 5.91 Å². The molecule has 144 valence electrons. The molecule has 1 saturated heterocycles. The van der Waals surface area contributed by atoms with Crippen LogP contribution in [0.1, 0.15) is 32.9 Å². The quantitative estimate of drug-likeness (QED) is 0.641. The molecule has 0 bridgehead atoms. The normalized spacial score (nSPS) is 17.2. The van der Waals surface area contributed by atoms with E-state index >= 15 is 0 Å². The van der Waals surface area contributed by atoms with Crippen molar-refractivity contribution in [1.82, 2.24) is 14.8 Å². The summed E-state index contributed by atoms with van der Waals surface area (Å²) in [6.07, 6.45) is 3.04. The first kappa shape index (κ1) is 18.1. The van der Waals surface area contributed by atoms with E-state index < -0.39 is 0 Å². The van der Waals surface area contributed by atoms with Gasteiger partial charge in [-0.25, -0.2) is 0 Å². The van der Waals surface area contributed by atoms with Crippen LogP contribution in [-0.2, 0) is 19.4 Å². The Morgan fingerprint density at radius 1 is 1.07 bits per heavy atom. The highest BCUT2D eigenvalue weighted by molar-refractivity contribution is 7.16. The average molecular weight is 412 g/mol. The molecule has 4 nitrogen and oxygen atoms in total. The van der Waals surface area contributed by atoms with Gasteiger partial charge >= 0.3 is 0 Å². The molecule has 3 aromatic rings. The number of hydrogen-bond acceptors (Lipinski definition) is 4. The molecule has 0 atom stereocenters. The van der Waals surface area contributed by atoms with E-state index in [9.17, 15) is 4.79 Å². The molecule has 0 unspecified atom stereocenters. The van der Waals surface area contributed by atoms with Crippen LogP contribution in [0.5, 0.6) is 0 Å². The number of nitrogens with zero attached hydrogens (tertiary/aromatic N) is 3. The number of aryl methyl sites for hydroxylation is 1. The number of carbonyl (C=O) groups excluding carboxylic acids is 1. The second-order valence-corrected chi connectivity index (χ2v) is 9.36. The van der Waals surface area contributed by atoms with Crippen molar-refractivity contribution in [1.29, 1.82) is 0 Å². The van der Waals surface area contributed by atoms with Crippen LogP contribution < -0.4 is 0 Å². The van der Waals surface area contributed by atoms with Gasteiger partial charge in [0.2, 0.25) is 0 Å². The number of halogens is 1. The smallest absolute Gasteiger partial charge is 0.254 e. The summed E-state index contributed by atoms with van der Waals surface area (Å²) < 4.78 is 0.835. The Balaban J connectivity index is 1.36. The predicted molar refractivity (Wildman–Crippen MR) is 114 cm³/mol. The van der Waals surface area contributed by atoms with Gasteiger partial charge < -0.3 is 4.90 Å². The molecular formula is C22H22ClN3OS. The van der Waals surface area contributed by atoms with Crippen LogP contribution in [0.4, 0.5) is 0 Å². The summed E-state index contributed by atoms with van der Waals surface area (Å²) in [4.78, 5) is 24.0. The van der Waals surface area contributed by atoms with E-state index in [0.29, 0.717) is 0 Å². The number of aromatic nitrogens is 1. The summed E-state index contributed by atoms with van der Waals surface area (Å²) in [5, 5.41) is 1.00. The third-order valence-electron chi connectivity index (χ3n) is 5.80. The molecule has 2 aliphatic rings. The zero-order valence-corrected chi connectivity index (χ0v) is 17.2. The largest absolute Gasteiger partial charge is 0.336 e. The Kier molecular flexibility index (Phi) is 4.83. The molecule has 1 aliphatic heterocycles. The van der Waals surface area contributed by atoms with Gasteiger partial charge in [-0.1, -0.05) is 29.8 Å². The Bertz CT molecular complexity index is 1040. The Morgan fingerprint density at radius 3 is 2.68 bits per heavy atom. The highest BCUT2D eigenvalue weighted by Crippen LogP contribution is 2.31. The van der Waals surface area contributed by atoms with E-state index in [1.807, 2.05) is 35.2 Å². The summed E-state index contributed by atoms with van der Waals surface area (Å²) >= 11 is 7.68. The Morgan fingerprint density at radius 2 is 1.89 bits per heavy atom. The number of carbonyl (C=O) groups is 1. The molecule has 0 spiro atoms. The number of amides is 1. The van der Waals surface area contributed by atoms with Crippen LogP contribution >= 0.6 is 22.9 Å². The van der Waals surface area contributed by atoms with Crippen LogP contribution in [-0.4, -0.2) is 46.9 Å². The molecule has 0 saturated carbocycles. The van der Waals surface area contributed by atoms with Gasteiger partial charge in [0, 0.05) is 48.7 Å². The number of para-hydroxylation sites is 1. The fourth-order valence-electron chi connectivity index (χ4n) is 4.38. The number of rotatable bonds is 3. The van der Waals surface area contributed by atoms with Crippen LogP contribution in [0, 0.1) is 0 Å². The minimum absolute atomic E-state index is 0.176. The lowest BCUT2D eigenvalue weighted by molar-refractivity contribution is 0.0630. The minimum Gasteiger partial charge on any atom is -0.336 e. The number of hydrogen-bond donors (Lipinski definition) is 0. The second-order valence-electron chi connectivity index (χ2n) is 7.56. The van der Waals surface area contributed by atoms with E-state index in [1.165, 1.54) is 10.4 Å². The predicted octanol–water partition coefficient (Wildman–Crippen LogP) is 4.40. The van der Waals surface area contributed by atoms with Crippen molar-refractivity contribution in [2.75, 3.05) is 26.2 Å². The summed E-state index contributed by atoms with van der Waals surface area (Å²) in [7, 11) is 0. The number of piperazine rings is 1. The number of benzene rings is 1. The molecule has 1 fully saturated rings. The van der Waals surface area contributed by atoms with Crippen molar-refractivity contribution in [2.45, 2.75) is 25.8 Å². The van der Waals surface area contributed by atoms with Crippen molar-refractivity contribution in [3.63, 3.8) is 0 Å². The van der Waals surface area contributed by atoms with Crippen molar-refractivity contribution < 1.29 is 4.79 Å². The van der Waals surface area contributed by atoms with Gasteiger partial charge in [-0.05, 0) is 43.0 Å². The van der Waals surface area contributed by atoms with Crippen molar-refractivity contribution in [3.8, 4) is 0 Å². The van der Waals surface area contributed by atoms with E-state index in [1.54, 1.807) is 11.3 Å². The molecule has 3 heterocycles. The lowest BCUT2D eigenvalue weighted by atomic mass is 9.99. The Labute approximate surface area is 173 Å². The molecule has 5 rings (SSSR count). The van der Waals surface area contributed by atoms with Gasteiger partial charge in [-0.2, -0.15) is 0 Å². The summed E-state index contributed by atoms with van der Waals surface area (Å²) in [5.41, 5.74) is 4.14. The number of pyridine rings is 1. The zero-order valence-electron chi connectivity index (χ0n) is 15.7. The van der Waals surface area contributed by atoms with E-state index in [4.69, 9.17) is 16.6 Å². The molecule has 0 radical (unpaired) electrons. The first-order valence-electron chi connectivity index (χ1n) is 9.85. The monoisotopic (exact) mass is 411 g/mol. The molecule has 28 heavy (non-hydrogen) atoms. The summed E-state index contributed by atoms with van der Waals surface area (Å²) in [6.45, 7) is 4.23. The van der Waals surface area contributed by atoms with Crippen LogP contribution in [0.2, 0.25) is 4.34 Å². The van der Waals surface area contributed by atoms with Gasteiger partial charge in [0.15, 0.2) is 0 Å². The van der Waals surface area contributed by atoms with Gasteiger partial charge in [-0.15, -0.1) is 11.3 Å². The molecule has 0 N–H and O–H groups in total. The van der Waals surface area contributed by atoms with Crippen LogP contribution in [0.3, 0.4) is 0 Å². The maximum absolute atomic E-state index is 13.5. The molecule has 2 aromatic heterocycles. The molecule has 1 aliphatic carbocycles. The SMILES string of the molecule is O=C(c1c2c(nc3ccccc13)CCC2)N1CCN(Cc2ccc(Cl)s2)CC1. The topological polar surface area (TPSA) is 36.4 Å². The maximum atomic E-state index is 13.5. The molecule has 1 amide bonds. The van der Waals surface area contributed by atoms with Crippen molar-refractivity contribution in [2.24, 2.45) is 0 Å². The lowest BCUT2D eigenvalue weighted by Crippen LogP contribution is -2.48. The Hall–Kier alpha value is -1.95. The fraction of sp³-hybridized carbons (Fsp3) is 0.364. The summed E-state index contributed by atoms with van der Waals surface area (Å²) in [5.74, 6) is 0.176. The molecular weight excluding hydrogens is 390 g/mol. The molecule has 1 aromatic carbocycles. The lowest BCUT2D eigenvalue weighted by Gasteiger charge is -2.35. The summed E-state index contributed by atoms with van der Waals surface area (Å²) in [6, 6.07) is 12.1. The van der Waals surface area contributed by atoms with E-state index in [0.717, 1.165) is 78.5 Å². The van der Waals surface area contributed by atoms with E-state index in [2.05, 4.69) is 11.0 Å². The third kappa shape index (κ3) is 3.32. The highest BCUT2D eigenvalue weighted by Gasteiger charge is 2.28. The minimum atomic E-state index is 0.176. The van der Waals surface area contributed by atoms with Crippen LogP contribution in [0.25, 0.3) is 10.9 Å². The van der Waals surface area contributed by atoms with Crippen LogP contribution in [0.15, 0.2) is 36.4 Å². The van der Waals surface area contributed by atoms with Crippen molar-refractivity contribution >= 4 is 39.7 Å². The third-order valence-corrected chi connectivity index (χ3v) is 7.02. The van der Waals surface area contributed by atoms with Gasteiger partial charge in [-0.3, -0.25) is 14.7 Å². The standard InChI is InChI=1S/C22H22ClN3OS/c23-20-9-8-15(28-20)14-25-10-12-26(13-11-25)22(27)21-16-4-1-2-6-18(16)24-19-7-3-5-17(19)21/h1-2,4,6,8-9H,3,5,7,10-14H2. The highest BCUT2D eigenvalue weighted by atomic mass is 35.5. The maximum Gasteiger partial charge on any atom is 0.254 e. The number of thiophene rings is 1. The molecule has 6 heteroatoms. The first-order chi connectivity index (χ1) is 13.7. The number of fused-ring (bicyclic) bond motifs is 2. The zero-order chi connectivity index (χ0) is 19.1. The fourth-order valence-corrected chi connectivity index (χ4v) is 5.51.